The minimum absolute atomic E-state index is 0.0403. The summed E-state index contributed by atoms with van der Waals surface area (Å²) in [4.78, 5) is 17.1. The quantitative estimate of drug-likeness (QED) is 0.799. The van der Waals surface area contributed by atoms with Crippen molar-refractivity contribution in [3.63, 3.8) is 0 Å². The van der Waals surface area contributed by atoms with Crippen LogP contribution in [-0.2, 0) is 16.1 Å². The number of likely N-dealkylation sites (tertiary alicyclic amines) is 2. The van der Waals surface area contributed by atoms with E-state index in [4.69, 9.17) is 9.26 Å². The molecule has 0 aliphatic carbocycles. The molecule has 2 fully saturated rings. The summed E-state index contributed by atoms with van der Waals surface area (Å²) in [6, 6.07) is 2.38. The molecule has 24 heavy (non-hydrogen) atoms. The lowest BCUT2D eigenvalue weighted by molar-refractivity contribution is -0.136. The second kappa shape index (κ2) is 7.23. The number of carbonyl (C=O) groups excluding carboxylic acids is 1. The smallest absolute Gasteiger partial charge is 0.223 e. The summed E-state index contributed by atoms with van der Waals surface area (Å²) in [6.45, 7) is 7.31. The largest absolute Gasteiger partial charge is 0.383 e. The third-order valence-corrected chi connectivity index (χ3v) is 5.67. The van der Waals surface area contributed by atoms with Crippen LogP contribution < -0.4 is 0 Å². The number of amides is 1. The number of aromatic nitrogens is 1. The SMILES string of the molecule is CC[C@@H]1N(Cc2cc(C)on2)CCC[C@]12CCC(=O)N2CCOC. The van der Waals surface area contributed by atoms with Gasteiger partial charge in [0.05, 0.1) is 17.8 Å². The van der Waals surface area contributed by atoms with E-state index in [0.29, 0.717) is 25.6 Å². The monoisotopic (exact) mass is 335 g/mol. The molecule has 3 heterocycles. The molecule has 0 N–H and O–H groups in total. The number of ether oxygens (including phenoxy) is 1. The number of rotatable bonds is 6. The number of carbonyl (C=O) groups is 1. The van der Waals surface area contributed by atoms with E-state index in [1.54, 1.807) is 7.11 Å². The number of methoxy groups -OCH3 is 1. The normalized spacial score (nSPS) is 28.2. The molecular formula is C18H29N3O3. The topological polar surface area (TPSA) is 58.8 Å². The summed E-state index contributed by atoms with van der Waals surface area (Å²) in [7, 11) is 1.70. The zero-order valence-corrected chi connectivity index (χ0v) is 15.1. The van der Waals surface area contributed by atoms with Crippen LogP contribution in [0.1, 0.15) is 50.5 Å². The van der Waals surface area contributed by atoms with Gasteiger partial charge in [-0.25, -0.2) is 0 Å². The predicted molar refractivity (Wildman–Crippen MR) is 90.5 cm³/mol. The minimum Gasteiger partial charge on any atom is -0.383 e. The molecule has 1 spiro atoms. The molecule has 2 saturated heterocycles. The average molecular weight is 335 g/mol. The number of nitrogens with zero attached hydrogens (tertiary/aromatic N) is 3. The van der Waals surface area contributed by atoms with E-state index in [1.807, 2.05) is 13.0 Å². The van der Waals surface area contributed by atoms with E-state index in [9.17, 15) is 4.79 Å². The first-order valence-corrected chi connectivity index (χ1v) is 9.06. The molecule has 1 aromatic heterocycles. The Kier molecular flexibility index (Phi) is 5.25. The van der Waals surface area contributed by atoms with Crippen LogP contribution in [0, 0.1) is 6.92 Å². The van der Waals surface area contributed by atoms with Crippen molar-refractivity contribution in [1.29, 1.82) is 0 Å². The molecule has 0 saturated carbocycles. The fraction of sp³-hybridized carbons (Fsp3) is 0.778. The van der Waals surface area contributed by atoms with Crippen LogP contribution in [0.2, 0.25) is 0 Å². The number of aryl methyl sites for hydroxylation is 1. The highest BCUT2D eigenvalue weighted by atomic mass is 16.5. The molecule has 134 valence electrons. The molecule has 6 nitrogen and oxygen atoms in total. The fourth-order valence-electron chi connectivity index (χ4n) is 4.76. The van der Waals surface area contributed by atoms with Crippen LogP contribution in [0.3, 0.4) is 0 Å². The number of piperidine rings is 1. The summed E-state index contributed by atoms with van der Waals surface area (Å²) < 4.78 is 10.5. The second-order valence-electron chi connectivity index (χ2n) is 7.07. The van der Waals surface area contributed by atoms with Crippen LogP contribution in [0.15, 0.2) is 10.6 Å². The van der Waals surface area contributed by atoms with Crippen molar-refractivity contribution in [2.45, 2.75) is 64.1 Å². The lowest BCUT2D eigenvalue weighted by Crippen LogP contribution is -2.63. The van der Waals surface area contributed by atoms with Crippen molar-refractivity contribution >= 4 is 5.91 Å². The molecule has 0 unspecified atom stereocenters. The highest BCUT2D eigenvalue weighted by Crippen LogP contribution is 2.43. The van der Waals surface area contributed by atoms with Gasteiger partial charge in [-0.3, -0.25) is 9.69 Å². The highest BCUT2D eigenvalue weighted by Gasteiger charge is 2.52. The molecule has 1 amide bonds. The first-order chi connectivity index (χ1) is 11.6. The van der Waals surface area contributed by atoms with Crippen molar-refractivity contribution in [3.05, 3.63) is 17.5 Å². The number of hydrogen-bond donors (Lipinski definition) is 0. The zero-order chi connectivity index (χ0) is 17.2. The van der Waals surface area contributed by atoms with Crippen molar-refractivity contribution in [2.24, 2.45) is 0 Å². The van der Waals surface area contributed by atoms with E-state index in [2.05, 4.69) is 21.9 Å². The summed E-state index contributed by atoms with van der Waals surface area (Å²) in [6.07, 6.45) is 4.87. The standard InChI is InChI=1S/C18H29N3O3/c1-4-16-18(8-6-17(22)21(18)10-11-23-3)7-5-9-20(16)13-15-12-14(2)24-19-15/h12,16H,4-11,13H2,1-3H3/t16-,18-/m0/s1. The van der Waals surface area contributed by atoms with Gasteiger partial charge in [0.1, 0.15) is 5.76 Å². The summed E-state index contributed by atoms with van der Waals surface area (Å²) >= 11 is 0. The molecule has 2 aliphatic heterocycles. The Labute approximate surface area is 144 Å². The number of hydrogen-bond acceptors (Lipinski definition) is 5. The Hall–Kier alpha value is -1.40. The second-order valence-corrected chi connectivity index (χ2v) is 7.07. The van der Waals surface area contributed by atoms with Gasteiger partial charge < -0.3 is 14.2 Å². The molecule has 2 aliphatic rings. The predicted octanol–water partition coefficient (Wildman–Crippen LogP) is 2.37. The Balaban J connectivity index is 1.82. The van der Waals surface area contributed by atoms with E-state index in [1.165, 1.54) is 0 Å². The van der Waals surface area contributed by atoms with E-state index in [0.717, 1.165) is 50.2 Å². The Morgan fingerprint density at radius 1 is 1.46 bits per heavy atom. The first kappa shape index (κ1) is 17.4. The van der Waals surface area contributed by atoms with Gasteiger partial charge in [0.15, 0.2) is 0 Å². The summed E-state index contributed by atoms with van der Waals surface area (Å²) in [5.74, 6) is 1.13. The van der Waals surface area contributed by atoms with Gasteiger partial charge in [-0.1, -0.05) is 12.1 Å². The fourth-order valence-corrected chi connectivity index (χ4v) is 4.76. The molecule has 6 heteroatoms. The van der Waals surface area contributed by atoms with Gasteiger partial charge in [0.25, 0.3) is 0 Å². The van der Waals surface area contributed by atoms with Gasteiger partial charge in [-0.2, -0.15) is 0 Å². The van der Waals surface area contributed by atoms with Crippen molar-refractivity contribution in [1.82, 2.24) is 15.0 Å². The van der Waals surface area contributed by atoms with Gasteiger partial charge in [0, 0.05) is 38.7 Å². The van der Waals surface area contributed by atoms with Gasteiger partial charge in [-0.15, -0.1) is 0 Å². The maximum Gasteiger partial charge on any atom is 0.223 e. The minimum atomic E-state index is -0.0403. The van der Waals surface area contributed by atoms with Gasteiger partial charge in [-0.05, 0) is 39.2 Å². The maximum absolute atomic E-state index is 12.5. The first-order valence-electron chi connectivity index (χ1n) is 9.06. The lowest BCUT2D eigenvalue weighted by Gasteiger charge is -2.52. The van der Waals surface area contributed by atoms with E-state index < -0.39 is 0 Å². The third kappa shape index (κ3) is 3.09. The van der Waals surface area contributed by atoms with Gasteiger partial charge in [0.2, 0.25) is 5.91 Å². The average Bonchev–Trinajstić information content (AvgIpc) is 3.11. The molecule has 0 radical (unpaired) electrons. The zero-order valence-electron chi connectivity index (χ0n) is 15.1. The highest BCUT2D eigenvalue weighted by molar-refractivity contribution is 5.80. The molecule has 3 rings (SSSR count). The Morgan fingerprint density at radius 2 is 2.29 bits per heavy atom. The molecule has 2 atom stereocenters. The summed E-state index contributed by atoms with van der Waals surface area (Å²) in [5.41, 5.74) is 0.942. The van der Waals surface area contributed by atoms with Crippen molar-refractivity contribution in [3.8, 4) is 0 Å². The van der Waals surface area contributed by atoms with Gasteiger partial charge >= 0.3 is 0 Å². The van der Waals surface area contributed by atoms with Crippen molar-refractivity contribution in [2.75, 3.05) is 26.8 Å². The lowest BCUT2D eigenvalue weighted by atomic mass is 9.77. The Bertz CT molecular complexity index is 574. The molecule has 0 aromatic carbocycles. The maximum atomic E-state index is 12.5. The van der Waals surface area contributed by atoms with E-state index in [-0.39, 0.29) is 11.4 Å². The van der Waals surface area contributed by atoms with Crippen LogP contribution in [0.5, 0.6) is 0 Å². The third-order valence-electron chi connectivity index (χ3n) is 5.67. The summed E-state index contributed by atoms with van der Waals surface area (Å²) in [5, 5.41) is 4.16. The van der Waals surface area contributed by atoms with E-state index >= 15 is 0 Å². The van der Waals surface area contributed by atoms with Crippen LogP contribution in [0.25, 0.3) is 0 Å². The Morgan fingerprint density at radius 3 is 2.96 bits per heavy atom. The molecule has 0 bridgehead atoms. The van der Waals surface area contributed by atoms with Crippen LogP contribution in [0.4, 0.5) is 0 Å². The van der Waals surface area contributed by atoms with Crippen molar-refractivity contribution < 1.29 is 14.1 Å². The molecular weight excluding hydrogens is 306 g/mol. The molecule has 1 aromatic rings. The van der Waals surface area contributed by atoms with Crippen LogP contribution >= 0.6 is 0 Å². The van der Waals surface area contributed by atoms with Crippen LogP contribution in [-0.4, -0.2) is 59.3 Å².